The van der Waals surface area contributed by atoms with Crippen molar-refractivity contribution >= 4 is 5.78 Å². The van der Waals surface area contributed by atoms with E-state index in [0.29, 0.717) is 16.9 Å². The molecule has 0 spiro atoms. The van der Waals surface area contributed by atoms with Gasteiger partial charge in [-0.2, -0.15) is 5.10 Å². The van der Waals surface area contributed by atoms with Gasteiger partial charge in [0.2, 0.25) is 0 Å². The molecule has 0 fully saturated rings. The van der Waals surface area contributed by atoms with Gasteiger partial charge < -0.3 is 4.74 Å². The Hall–Kier alpha value is -2.10. The highest BCUT2D eigenvalue weighted by molar-refractivity contribution is 6.12. The molecule has 0 bridgehead atoms. The van der Waals surface area contributed by atoms with Gasteiger partial charge in [-0.3, -0.25) is 9.48 Å². The number of carbonyl (C=O) groups is 1. The number of hydrogen-bond donors (Lipinski definition) is 0. The highest BCUT2D eigenvalue weighted by atomic mass is 16.5. The van der Waals surface area contributed by atoms with E-state index in [9.17, 15) is 4.79 Å². The Bertz CT molecular complexity index is 642. The zero-order valence-corrected chi connectivity index (χ0v) is 12.6. The number of ether oxygens (including phenoxy) is 1. The first-order chi connectivity index (χ1) is 9.41. The van der Waals surface area contributed by atoms with Crippen LogP contribution >= 0.6 is 0 Å². The van der Waals surface area contributed by atoms with Gasteiger partial charge in [-0.25, -0.2) is 0 Å². The average molecular weight is 272 g/mol. The second-order valence-corrected chi connectivity index (χ2v) is 5.16. The van der Waals surface area contributed by atoms with Crippen LogP contribution in [0.25, 0.3) is 0 Å². The zero-order valence-electron chi connectivity index (χ0n) is 12.6. The van der Waals surface area contributed by atoms with Crippen molar-refractivity contribution in [1.82, 2.24) is 9.78 Å². The molecule has 1 aromatic carbocycles. The van der Waals surface area contributed by atoms with Crippen molar-refractivity contribution in [3.8, 4) is 5.75 Å². The van der Waals surface area contributed by atoms with E-state index in [-0.39, 0.29) is 11.9 Å². The molecule has 4 heteroatoms. The van der Waals surface area contributed by atoms with Crippen LogP contribution in [0.3, 0.4) is 0 Å². The van der Waals surface area contributed by atoms with Crippen LogP contribution in [-0.4, -0.2) is 21.7 Å². The third kappa shape index (κ3) is 2.59. The van der Waals surface area contributed by atoms with Gasteiger partial charge in [-0.1, -0.05) is 12.1 Å². The average Bonchev–Trinajstić information content (AvgIpc) is 2.62. The van der Waals surface area contributed by atoms with Crippen LogP contribution in [0, 0.1) is 13.8 Å². The molecule has 0 aliphatic carbocycles. The van der Waals surface area contributed by atoms with Gasteiger partial charge in [-0.05, 0) is 39.8 Å². The summed E-state index contributed by atoms with van der Waals surface area (Å²) in [4.78, 5) is 12.8. The molecule has 1 aromatic heterocycles. The fourth-order valence-corrected chi connectivity index (χ4v) is 2.25. The molecular formula is C16H20N2O2. The number of ketones is 1. The summed E-state index contributed by atoms with van der Waals surface area (Å²) in [7, 11) is 1.84. The van der Waals surface area contributed by atoms with E-state index < -0.39 is 0 Å². The molecule has 106 valence electrons. The van der Waals surface area contributed by atoms with Gasteiger partial charge in [0.15, 0.2) is 5.78 Å². The summed E-state index contributed by atoms with van der Waals surface area (Å²) in [6, 6.07) is 7.35. The maximum atomic E-state index is 12.8. The van der Waals surface area contributed by atoms with Crippen LogP contribution in [0.2, 0.25) is 0 Å². The maximum Gasteiger partial charge on any atom is 0.200 e. The van der Waals surface area contributed by atoms with Crippen molar-refractivity contribution in [3.05, 3.63) is 46.8 Å². The number of carbonyl (C=O) groups excluding carboxylic acids is 1. The molecule has 0 aliphatic rings. The van der Waals surface area contributed by atoms with E-state index in [4.69, 9.17) is 4.74 Å². The first kappa shape index (κ1) is 14.3. The molecule has 0 radical (unpaired) electrons. The SMILES string of the molecule is Cc1nn(C)c(C)c1C(=O)c1ccccc1OC(C)C. The second-order valence-electron chi connectivity index (χ2n) is 5.16. The normalized spacial score (nSPS) is 10.9. The fourth-order valence-electron chi connectivity index (χ4n) is 2.25. The van der Waals surface area contributed by atoms with Crippen molar-refractivity contribution in [3.63, 3.8) is 0 Å². The van der Waals surface area contributed by atoms with Gasteiger partial charge in [0.1, 0.15) is 5.75 Å². The number of benzene rings is 1. The van der Waals surface area contributed by atoms with Crippen LogP contribution in [0.1, 0.15) is 41.2 Å². The fraction of sp³-hybridized carbons (Fsp3) is 0.375. The van der Waals surface area contributed by atoms with E-state index in [1.807, 2.05) is 52.9 Å². The number of rotatable bonds is 4. The Morgan fingerprint density at radius 2 is 1.90 bits per heavy atom. The van der Waals surface area contributed by atoms with Crippen molar-refractivity contribution in [1.29, 1.82) is 0 Å². The van der Waals surface area contributed by atoms with Crippen molar-refractivity contribution in [2.45, 2.75) is 33.8 Å². The standard InChI is InChI=1S/C16H20N2O2/c1-10(2)20-14-9-7-6-8-13(14)16(19)15-11(3)17-18(5)12(15)4/h6-10H,1-5H3. The van der Waals surface area contributed by atoms with E-state index in [2.05, 4.69) is 5.10 Å². The van der Waals surface area contributed by atoms with Crippen LogP contribution in [0.5, 0.6) is 5.75 Å². The minimum absolute atomic E-state index is 0.0278. The number of aryl methyl sites for hydroxylation is 2. The van der Waals surface area contributed by atoms with Gasteiger partial charge in [-0.15, -0.1) is 0 Å². The summed E-state index contributed by atoms with van der Waals surface area (Å²) >= 11 is 0. The largest absolute Gasteiger partial charge is 0.490 e. The molecular weight excluding hydrogens is 252 g/mol. The molecule has 2 rings (SSSR count). The summed E-state index contributed by atoms with van der Waals surface area (Å²) in [6.07, 6.45) is 0.0278. The Labute approximate surface area is 119 Å². The van der Waals surface area contributed by atoms with Gasteiger partial charge in [0, 0.05) is 12.7 Å². The molecule has 1 heterocycles. The van der Waals surface area contributed by atoms with Crippen molar-refractivity contribution in [2.75, 3.05) is 0 Å². The van der Waals surface area contributed by atoms with Crippen molar-refractivity contribution < 1.29 is 9.53 Å². The molecule has 0 saturated heterocycles. The summed E-state index contributed by atoms with van der Waals surface area (Å²) in [6.45, 7) is 7.65. The summed E-state index contributed by atoms with van der Waals surface area (Å²) in [5.41, 5.74) is 2.86. The molecule has 0 amide bonds. The second kappa shape index (κ2) is 5.49. The predicted octanol–water partition coefficient (Wildman–Crippen LogP) is 3.06. The van der Waals surface area contributed by atoms with Crippen LogP contribution in [0.4, 0.5) is 0 Å². The van der Waals surface area contributed by atoms with E-state index in [1.165, 1.54) is 0 Å². The topological polar surface area (TPSA) is 44.1 Å². The first-order valence-electron chi connectivity index (χ1n) is 6.72. The predicted molar refractivity (Wildman–Crippen MR) is 78.3 cm³/mol. The lowest BCUT2D eigenvalue weighted by molar-refractivity contribution is 0.103. The Balaban J connectivity index is 2.48. The Morgan fingerprint density at radius 3 is 2.45 bits per heavy atom. The van der Waals surface area contributed by atoms with Crippen LogP contribution in [0.15, 0.2) is 24.3 Å². The third-order valence-electron chi connectivity index (χ3n) is 3.23. The number of aromatic nitrogens is 2. The minimum Gasteiger partial charge on any atom is -0.490 e. The van der Waals surface area contributed by atoms with E-state index >= 15 is 0 Å². The van der Waals surface area contributed by atoms with Crippen LogP contribution in [-0.2, 0) is 7.05 Å². The molecule has 0 saturated carbocycles. The minimum atomic E-state index is -0.0376. The third-order valence-corrected chi connectivity index (χ3v) is 3.23. The molecule has 0 N–H and O–H groups in total. The zero-order chi connectivity index (χ0) is 14.9. The molecule has 0 unspecified atom stereocenters. The van der Waals surface area contributed by atoms with Gasteiger partial charge in [0.25, 0.3) is 0 Å². The van der Waals surface area contributed by atoms with Gasteiger partial charge >= 0.3 is 0 Å². The van der Waals surface area contributed by atoms with E-state index in [0.717, 1.165) is 11.4 Å². The number of nitrogens with zero attached hydrogens (tertiary/aromatic N) is 2. The summed E-state index contributed by atoms with van der Waals surface area (Å²) < 4.78 is 7.46. The maximum absolute atomic E-state index is 12.8. The lowest BCUT2D eigenvalue weighted by atomic mass is 10.0. The highest BCUT2D eigenvalue weighted by Crippen LogP contribution is 2.25. The molecule has 0 aliphatic heterocycles. The number of hydrogen-bond acceptors (Lipinski definition) is 3. The van der Waals surface area contributed by atoms with Gasteiger partial charge in [0.05, 0.1) is 22.9 Å². The summed E-state index contributed by atoms with van der Waals surface area (Å²) in [5, 5.41) is 4.30. The molecule has 2 aromatic rings. The molecule has 0 atom stereocenters. The quantitative estimate of drug-likeness (QED) is 0.803. The smallest absolute Gasteiger partial charge is 0.200 e. The molecule has 20 heavy (non-hydrogen) atoms. The monoisotopic (exact) mass is 272 g/mol. The lowest BCUT2D eigenvalue weighted by Crippen LogP contribution is -2.11. The first-order valence-corrected chi connectivity index (χ1v) is 6.72. The van der Waals surface area contributed by atoms with E-state index in [1.54, 1.807) is 10.7 Å². The number of para-hydroxylation sites is 1. The molecule has 4 nitrogen and oxygen atoms in total. The highest BCUT2D eigenvalue weighted by Gasteiger charge is 2.21. The summed E-state index contributed by atoms with van der Waals surface area (Å²) in [5.74, 6) is 0.583. The Morgan fingerprint density at radius 1 is 1.25 bits per heavy atom. The Kier molecular flexibility index (Phi) is 3.93. The lowest BCUT2D eigenvalue weighted by Gasteiger charge is -2.13. The van der Waals surface area contributed by atoms with Crippen molar-refractivity contribution in [2.24, 2.45) is 7.05 Å². The van der Waals surface area contributed by atoms with Crippen LogP contribution < -0.4 is 4.74 Å².